The Morgan fingerprint density at radius 2 is 1.56 bits per heavy atom. The van der Waals surface area contributed by atoms with E-state index >= 15 is 0 Å². The average Bonchev–Trinajstić information content (AvgIpc) is 2.63. The van der Waals surface area contributed by atoms with Crippen molar-refractivity contribution in [1.82, 2.24) is 5.32 Å². The van der Waals surface area contributed by atoms with E-state index in [0.717, 1.165) is 16.3 Å². The van der Waals surface area contributed by atoms with Crippen LogP contribution in [0.5, 0.6) is 0 Å². The van der Waals surface area contributed by atoms with Crippen LogP contribution in [0.25, 0.3) is 10.8 Å². The largest absolute Gasteiger partial charge is 0.346 e. The van der Waals surface area contributed by atoms with Crippen LogP contribution in [0.4, 0.5) is 0 Å². The van der Waals surface area contributed by atoms with E-state index in [1.807, 2.05) is 43.3 Å². The molecule has 0 aromatic heterocycles. The zero-order valence-corrected chi connectivity index (χ0v) is 16.3. The quantitative estimate of drug-likeness (QED) is 0.695. The van der Waals surface area contributed by atoms with E-state index in [1.165, 1.54) is 11.1 Å². The molecule has 0 spiro atoms. The maximum atomic E-state index is 12.5. The molecule has 1 amide bonds. The normalized spacial score (nSPS) is 11.2. The fourth-order valence-corrected chi connectivity index (χ4v) is 2.73. The van der Waals surface area contributed by atoms with Gasteiger partial charge in [-0.15, -0.1) is 0 Å². The van der Waals surface area contributed by atoms with Gasteiger partial charge in [0.25, 0.3) is 5.91 Å². The van der Waals surface area contributed by atoms with Gasteiger partial charge in [-0.25, -0.2) is 0 Å². The number of nitrogens with one attached hydrogen (secondary N) is 2. The molecule has 2 N–H and O–H groups in total. The van der Waals surface area contributed by atoms with Crippen LogP contribution in [0.1, 0.15) is 40.0 Å². The highest BCUT2D eigenvalue weighted by Gasteiger charge is 2.12. The molecule has 3 aromatic rings. The molecular weight excluding hydrogens is 360 g/mol. The van der Waals surface area contributed by atoms with Gasteiger partial charge >= 0.3 is 10.5 Å². The van der Waals surface area contributed by atoms with Gasteiger partial charge in [-0.2, -0.15) is 13.2 Å². The molecule has 0 saturated heterocycles. The zero-order chi connectivity index (χ0) is 20.0. The Kier molecular flexibility index (Phi) is 6.85. The summed E-state index contributed by atoms with van der Waals surface area (Å²) in [6, 6.07) is 20.2. The third kappa shape index (κ3) is 5.76. The van der Waals surface area contributed by atoms with Gasteiger partial charge in [0, 0.05) is 5.56 Å². The van der Waals surface area contributed by atoms with Crippen LogP contribution in [0.2, 0.25) is 0 Å². The van der Waals surface area contributed by atoms with Gasteiger partial charge in [0.05, 0.1) is 6.04 Å². The molecule has 0 aliphatic carbocycles. The van der Waals surface area contributed by atoms with Gasteiger partial charge in [0.2, 0.25) is 0 Å². The summed E-state index contributed by atoms with van der Waals surface area (Å²) < 4.78 is 22.8. The summed E-state index contributed by atoms with van der Waals surface area (Å²) in [7, 11) is -2.61. The average molecular weight is 382 g/mol. The molecule has 0 unspecified atom stereocenters. The molecule has 6 heteroatoms. The lowest BCUT2D eigenvalue weighted by Gasteiger charge is -2.16. The van der Waals surface area contributed by atoms with Crippen molar-refractivity contribution in [2.45, 2.75) is 26.8 Å². The first-order chi connectivity index (χ1) is 12.8. The van der Waals surface area contributed by atoms with Crippen molar-refractivity contribution in [3.05, 3.63) is 82.9 Å². The van der Waals surface area contributed by atoms with Crippen LogP contribution in [-0.4, -0.2) is 14.3 Å². The van der Waals surface area contributed by atoms with Gasteiger partial charge < -0.3 is 5.32 Å². The van der Waals surface area contributed by atoms with Crippen molar-refractivity contribution in [3.63, 3.8) is 0 Å². The summed E-state index contributed by atoms with van der Waals surface area (Å²) in [6.07, 6.45) is 0. The van der Waals surface area contributed by atoms with Crippen LogP contribution in [0.15, 0.2) is 60.7 Å². The van der Waals surface area contributed by atoms with Crippen LogP contribution in [0, 0.1) is 18.6 Å². The number of carbonyl (C=O) groups is 1. The number of carbonyl (C=O) groups excluding carboxylic acids is 1. The summed E-state index contributed by atoms with van der Waals surface area (Å²) in [6.45, 7) is 6.21. The summed E-state index contributed by atoms with van der Waals surface area (Å²) in [5.74, 6) is -0.0403. The van der Waals surface area contributed by atoms with Crippen LogP contribution in [0.3, 0.4) is 0 Å². The summed E-state index contributed by atoms with van der Waals surface area (Å²) >= 11 is 0. The van der Waals surface area contributed by atoms with Gasteiger partial charge in [0.1, 0.15) is 0 Å². The van der Waals surface area contributed by atoms with Crippen LogP contribution < -0.4 is 5.32 Å². The second-order valence-corrected chi connectivity index (χ2v) is 6.80. The van der Waals surface area contributed by atoms with E-state index in [1.54, 1.807) is 0 Å². The Morgan fingerprint density at radius 3 is 2.19 bits per heavy atom. The molecule has 3 aromatic carbocycles. The molecule has 0 heterocycles. The molecule has 3 rings (SSSR count). The highest BCUT2D eigenvalue weighted by Crippen LogP contribution is 2.19. The third-order valence-electron chi connectivity index (χ3n) is 4.39. The Bertz CT molecular complexity index is 1070. The van der Waals surface area contributed by atoms with E-state index < -0.39 is 10.5 Å². The molecule has 0 aliphatic heterocycles. The van der Waals surface area contributed by atoms with E-state index in [9.17, 15) is 4.79 Å². The van der Waals surface area contributed by atoms with E-state index in [2.05, 4.69) is 43.4 Å². The lowest BCUT2D eigenvalue weighted by atomic mass is 10.0. The number of benzene rings is 3. The molecule has 0 bridgehead atoms. The highest BCUT2D eigenvalue weighted by molar-refractivity contribution is 7.60. The molecule has 27 heavy (non-hydrogen) atoms. The molecule has 1 atom stereocenters. The van der Waals surface area contributed by atoms with Gasteiger partial charge in [-0.3, -0.25) is 4.79 Å². The molecule has 0 radical (unpaired) electrons. The predicted octanol–water partition coefficient (Wildman–Crippen LogP) is 4.58. The van der Waals surface area contributed by atoms with Crippen molar-refractivity contribution >= 4 is 27.2 Å². The Labute approximate surface area is 160 Å². The summed E-state index contributed by atoms with van der Waals surface area (Å²) in [4.78, 5) is 12.5. The fraction of sp³-hybridized carbons (Fsp3) is 0.190. The zero-order valence-electron chi connectivity index (χ0n) is 15.5. The number of amides is 1. The lowest BCUT2D eigenvalue weighted by Crippen LogP contribution is -2.26. The molecule has 0 aliphatic rings. The minimum Gasteiger partial charge on any atom is -0.346 e. The topological polar surface area (TPSA) is 87.1 Å². The lowest BCUT2D eigenvalue weighted by molar-refractivity contribution is 0.0940. The van der Waals surface area contributed by atoms with E-state index in [4.69, 9.17) is 13.2 Å². The van der Waals surface area contributed by atoms with Crippen LogP contribution >= 0.6 is 0 Å². The minimum absolute atomic E-state index is 0.0201. The number of rotatable bonds is 3. The molecule has 0 saturated carbocycles. The molecule has 0 fully saturated rings. The van der Waals surface area contributed by atoms with Crippen molar-refractivity contribution in [2.75, 3.05) is 0 Å². The van der Waals surface area contributed by atoms with E-state index in [-0.39, 0.29) is 11.9 Å². The Hall–Kier alpha value is -2.99. The van der Waals surface area contributed by atoms with Gasteiger partial charge in [-0.1, -0.05) is 48.5 Å². The SMILES string of the molecule is Cc1ccc([C@@H](C)NC(=O)c2ccc3ccccc3c2)cc1C.N=S(=O)=O. The fourth-order valence-electron chi connectivity index (χ4n) is 2.73. The maximum Gasteiger partial charge on any atom is 0.308 e. The van der Waals surface area contributed by atoms with Crippen molar-refractivity contribution in [1.29, 1.82) is 4.78 Å². The second-order valence-electron chi connectivity index (χ2n) is 6.34. The van der Waals surface area contributed by atoms with Crippen molar-refractivity contribution < 1.29 is 13.2 Å². The van der Waals surface area contributed by atoms with E-state index in [0.29, 0.717) is 5.56 Å². The van der Waals surface area contributed by atoms with Gasteiger partial charge in [0.15, 0.2) is 0 Å². The van der Waals surface area contributed by atoms with Crippen LogP contribution in [-0.2, 0) is 10.5 Å². The van der Waals surface area contributed by atoms with Crippen molar-refractivity contribution in [2.24, 2.45) is 0 Å². The first-order valence-electron chi connectivity index (χ1n) is 8.45. The second kappa shape index (κ2) is 9.09. The third-order valence-corrected chi connectivity index (χ3v) is 4.39. The first kappa shape index (κ1) is 20.3. The number of fused-ring (bicyclic) bond motifs is 1. The minimum atomic E-state index is -2.61. The first-order valence-corrected chi connectivity index (χ1v) is 9.52. The molecule has 140 valence electrons. The molecular formula is C21H22N2O3S. The number of aryl methyl sites for hydroxylation is 2. The Morgan fingerprint density at radius 1 is 0.926 bits per heavy atom. The highest BCUT2D eigenvalue weighted by atomic mass is 32.2. The van der Waals surface area contributed by atoms with Crippen molar-refractivity contribution in [3.8, 4) is 0 Å². The molecule has 5 nitrogen and oxygen atoms in total. The summed E-state index contributed by atoms with van der Waals surface area (Å²) in [5.41, 5.74) is 4.33. The maximum absolute atomic E-state index is 12.5. The number of hydrogen-bond acceptors (Lipinski definition) is 4. The summed E-state index contributed by atoms with van der Waals surface area (Å²) in [5, 5.41) is 5.31. The Balaban J connectivity index is 0.000000596. The van der Waals surface area contributed by atoms with Gasteiger partial charge in [-0.05, 0) is 60.4 Å². The standard InChI is InChI=1S/C21H21NO.HNO2S/c1-14-8-9-18(12-15(14)2)16(3)22-21(23)20-11-10-17-6-4-5-7-19(17)13-20;1-4(2)3/h4-13,16H,1-3H3,(H,22,23);1H/t16-;/m1./s1. The smallest absolute Gasteiger partial charge is 0.308 e. The number of hydrogen-bond donors (Lipinski definition) is 2. The predicted molar refractivity (Wildman–Crippen MR) is 107 cm³/mol. The monoisotopic (exact) mass is 382 g/mol.